The van der Waals surface area contributed by atoms with E-state index < -0.39 is 0 Å². The molecule has 0 saturated carbocycles. The van der Waals surface area contributed by atoms with Crippen molar-refractivity contribution < 1.29 is 4.74 Å². The minimum atomic E-state index is -0.221. The van der Waals surface area contributed by atoms with Gasteiger partial charge in [0.1, 0.15) is 9.32 Å². The van der Waals surface area contributed by atoms with E-state index in [0.29, 0.717) is 14.3 Å². The summed E-state index contributed by atoms with van der Waals surface area (Å²) in [6, 6.07) is 5.27. The summed E-state index contributed by atoms with van der Waals surface area (Å²) >= 11 is 7.80. The van der Waals surface area contributed by atoms with E-state index in [1.807, 2.05) is 29.5 Å². The summed E-state index contributed by atoms with van der Waals surface area (Å²) in [5.41, 5.74) is 0.685. The molecule has 0 radical (unpaired) electrons. The van der Waals surface area contributed by atoms with Crippen molar-refractivity contribution in [2.75, 3.05) is 0 Å². The molecular weight excluding hydrogens is 354 g/mol. The van der Waals surface area contributed by atoms with E-state index in [9.17, 15) is 4.79 Å². The van der Waals surface area contributed by atoms with Gasteiger partial charge in [0.2, 0.25) is 5.88 Å². The second-order valence-electron chi connectivity index (χ2n) is 3.36. The maximum absolute atomic E-state index is 11.3. The van der Waals surface area contributed by atoms with E-state index in [4.69, 9.17) is 16.3 Å². The Kier molecular flexibility index (Phi) is 3.68. The molecular formula is C11H8ClIN2O2. The molecule has 0 amide bonds. The number of rotatable bonds is 2. The summed E-state index contributed by atoms with van der Waals surface area (Å²) in [5.74, 6) is 0.888. The Morgan fingerprint density at radius 2 is 2.24 bits per heavy atom. The van der Waals surface area contributed by atoms with Crippen molar-refractivity contribution in [1.82, 2.24) is 9.97 Å². The van der Waals surface area contributed by atoms with Crippen LogP contribution in [0.4, 0.5) is 0 Å². The molecule has 88 valence electrons. The quantitative estimate of drug-likeness (QED) is 0.835. The van der Waals surface area contributed by atoms with E-state index in [2.05, 4.69) is 9.97 Å². The first-order valence-electron chi connectivity index (χ1n) is 4.75. The van der Waals surface area contributed by atoms with Crippen molar-refractivity contribution >= 4 is 34.2 Å². The van der Waals surface area contributed by atoms with Gasteiger partial charge in [-0.15, -0.1) is 0 Å². The van der Waals surface area contributed by atoms with Crippen LogP contribution in [0.1, 0.15) is 5.56 Å². The second-order valence-corrected chi connectivity index (χ2v) is 4.85. The monoisotopic (exact) mass is 362 g/mol. The van der Waals surface area contributed by atoms with Gasteiger partial charge in [0.15, 0.2) is 0 Å². The SMILES string of the molecule is Cc1cc(Oc2nc[nH]c(=O)c2I)ccc1Cl. The third-order valence-corrected chi connectivity index (χ3v) is 3.48. The largest absolute Gasteiger partial charge is 0.438 e. The molecule has 0 unspecified atom stereocenters. The van der Waals surface area contributed by atoms with Gasteiger partial charge >= 0.3 is 0 Å². The van der Waals surface area contributed by atoms with Crippen LogP contribution in [-0.4, -0.2) is 9.97 Å². The van der Waals surface area contributed by atoms with E-state index >= 15 is 0 Å². The summed E-state index contributed by atoms with van der Waals surface area (Å²) in [7, 11) is 0. The fraction of sp³-hybridized carbons (Fsp3) is 0.0909. The number of benzene rings is 1. The predicted molar refractivity (Wildman–Crippen MR) is 73.8 cm³/mol. The molecule has 6 heteroatoms. The number of hydrogen-bond acceptors (Lipinski definition) is 3. The number of H-pyrrole nitrogens is 1. The smallest absolute Gasteiger partial charge is 0.268 e. The van der Waals surface area contributed by atoms with Crippen molar-refractivity contribution in [3.05, 3.63) is 49.0 Å². The highest BCUT2D eigenvalue weighted by molar-refractivity contribution is 14.1. The minimum absolute atomic E-state index is 0.221. The number of ether oxygens (including phenoxy) is 1. The van der Waals surface area contributed by atoms with Crippen LogP contribution in [0.25, 0.3) is 0 Å². The highest BCUT2D eigenvalue weighted by Crippen LogP contribution is 2.25. The summed E-state index contributed by atoms with van der Waals surface area (Å²) < 4.78 is 5.94. The molecule has 1 aromatic heterocycles. The minimum Gasteiger partial charge on any atom is -0.438 e. The van der Waals surface area contributed by atoms with Crippen molar-refractivity contribution in [3.63, 3.8) is 0 Å². The first-order chi connectivity index (χ1) is 8.08. The Morgan fingerprint density at radius 1 is 1.47 bits per heavy atom. The Balaban J connectivity index is 2.35. The van der Waals surface area contributed by atoms with Crippen molar-refractivity contribution in [1.29, 1.82) is 0 Å². The molecule has 2 aromatic rings. The normalized spacial score (nSPS) is 10.3. The predicted octanol–water partition coefficient (Wildman–Crippen LogP) is 3.13. The molecule has 0 atom stereocenters. The molecule has 0 spiro atoms. The van der Waals surface area contributed by atoms with Crippen LogP contribution in [0.3, 0.4) is 0 Å². The van der Waals surface area contributed by atoms with Gasteiger partial charge in [-0.05, 0) is 53.3 Å². The first-order valence-corrected chi connectivity index (χ1v) is 6.21. The molecule has 1 N–H and O–H groups in total. The highest BCUT2D eigenvalue weighted by Gasteiger charge is 2.08. The number of aryl methyl sites for hydroxylation is 1. The van der Waals surface area contributed by atoms with Gasteiger partial charge in [-0.2, -0.15) is 0 Å². The Labute approximate surface area is 116 Å². The molecule has 4 nitrogen and oxygen atoms in total. The standard InChI is InChI=1S/C11H8ClIN2O2/c1-6-4-7(2-3-8(6)12)17-11-9(13)10(16)14-5-15-11/h2-5H,1H3,(H,14,15,16). The molecule has 0 bridgehead atoms. The van der Waals surface area contributed by atoms with Gasteiger partial charge in [-0.1, -0.05) is 11.6 Å². The number of nitrogens with zero attached hydrogens (tertiary/aromatic N) is 1. The van der Waals surface area contributed by atoms with Gasteiger partial charge in [-0.3, -0.25) is 4.79 Å². The summed E-state index contributed by atoms with van der Waals surface area (Å²) in [6.07, 6.45) is 1.31. The lowest BCUT2D eigenvalue weighted by atomic mass is 10.2. The third kappa shape index (κ3) is 2.78. The van der Waals surface area contributed by atoms with Gasteiger partial charge in [0.25, 0.3) is 5.56 Å². The van der Waals surface area contributed by atoms with Crippen LogP contribution in [0.15, 0.2) is 29.3 Å². The second kappa shape index (κ2) is 5.05. The summed E-state index contributed by atoms with van der Waals surface area (Å²) in [5, 5.41) is 0.672. The van der Waals surface area contributed by atoms with Gasteiger partial charge < -0.3 is 9.72 Å². The first kappa shape index (κ1) is 12.4. The zero-order valence-electron chi connectivity index (χ0n) is 8.83. The van der Waals surface area contributed by atoms with Gasteiger partial charge in [0, 0.05) is 5.02 Å². The van der Waals surface area contributed by atoms with Crippen molar-refractivity contribution in [2.45, 2.75) is 6.92 Å². The maximum Gasteiger partial charge on any atom is 0.268 e. The molecule has 0 fully saturated rings. The lowest BCUT2D eigenvalue weighted by molar-refractivity contribution is 0.456. The van der Waals surface area contributed by atoms with Crippen LogP contribution < -0.4 is 10.3 Å². The number of hydrogen-bond donors (Lipinski definition) is 1. The van der Waals surface area contributed by atoms with Crippen LogP contribution in [0, 0.1) is 10.5 Å². The Bertz CT molecular complexity index is 613. The van der Waals surface area contributed by atoms with Crippen molar-refractivity contribution in [3.8, 4) is 11.6 Å². The summed E-state index contributed by atoms with van der Waals surface area (Å²) in [6.45, 7) is 1.88. The zero-order valence-corrected chi connectivity index (χ0v) is 11.7. The highest BCUT2D eigenvalue weighted by atomic mass is 127. The average molecular weight is 363 g/mol. The van der Waals surface area contributed by atoms with Crippen LogP contribution in [0.2, 0.25) is 5.02 Å². The Morgan fingerprint density at radius 3 is 2.94 bits per heavy atom. The van der Waals surface area contributed by atoms with Crippen LogP contribution in [0.5, 0.6) is 11.6 Å². The fourth-order valence-corrected chi connectivity index (χ4v) is 1.75. The van der Waals surface area contributed by atoms with E-state index in [0.717, 1.165) is 5.56 Å². The van der Waals surface area contributed by atoms with Crippen LogP contribution in [-0.2, 0) is 0 Å². The number of aromatic nitrogens is 2. The average Bonchev–Trinajstić information content (AvgIpc) is 2.30. The molecule has 0 aliphatic rings. The van der Waals surface area contributed by atoms with Gasteiger partial charge in [-0.25, -0.2) is 4.98 Å². The maximum atomic E-state index is 11.3. The molecule has 0 saturated heterocycles. The van der Waals surface area contributed by atoms with Crippen LogP contribution >= 0.6 is 34.2 Å². The molecule has 1 heterocycles. The molecule has 17 heavy (non-hydrogen) atoms. The molecule has 0 aliphatic carbocycles. The zero-order chi connectivity index (χ0) is 12.4. The Hall–Kier alpha value is -1.08. The van der Waals surface area contributed by atoms with E-state index in [1.165, 1.54) is 6.33 Å². The summed E-state index contributed by atoms with van der Waals surface area (Å²) in [4.78, 5) is 17.8. The van der Waals surface area contributed by atoms with E-state index in [-0.39, 0.29) is 11.4 Å². The fourth-order valence-electron chi connectivity index (χ4n) is 1.23. The number of halogens is 2. The lowest BCUT2D eigenvalue weighted by Crippen LogP contribution is -2.11. The number of aromatic amines is 1. The third-order valence-electron chi connectivity index (χ3n) is 2.11. The lowest BCUT2D eigenvalue weighted by Gasteiger charge is -2.06. The molecule has 2 rings (SSSR count). The molecule has 0 aliphatic heterocycles. The van der Waals surface area contributed by atoms with E-state index in [1.54, 1.807) is 18.2 Å². The number of nitrogens with one attached hydrogen (secondary N) is 1. The molecule has 1 aromatic carbocycles. The van der Waals surface area contributed by atoms with Gasteiger partial charge in [0.05, 0.1) is 6.33 Å². The topological polar surface area (TPSA) is 55.0 Å². The van der Waals surface area contributed by atoms with Crippen molar-refractivity contribution in [2.24, 2.45) is 0 Å².